The zero-order valence-corrected chi connectivity index (χ0v) is 10.7. The molecule has 1 aliphatic rings. The van der Waals surface area contributed by atoms with Gasteiger partial charge in [-0.05, 0) is 24.3 Å². The van der Waals surface area contributed by atoms with Crippen molar-refractivity contribution in [2.24, 2.45) is 10.2 Å². The van der Waals surface area contributed by atoms with E-state index in [-0.39, 0.29) is 6.04 Å². The number of azo groups is 1. The topological polar surface area (TPSA) is 37.6 Å². The summed E-state index contributed by atoms with van der Waals surface area (Å²) >= 11 is 0. The number of hydrogen-bond acceptors (Lipinski definition) is 3. The highest BCUT2D eigenvalue weighted by molar-refractivity contribution is 5.66. The Bertz CT molecular complexity index is 688. The summed E-state index contributed by atoms with van der Waals surface area (Å²) in [5.41, 5.74) is 1.39. The van der Waals surface area contributed by atoms with Gasteiger partial charge in [-0.15, -0.1) is 0 Å². The normalized spacial score (nSPS) is 17.9. The molecule has 0 amide bonds. The van der Waals surface area contributed by atoms with Crippen LogP contribution in [0, 0.1) is 0 Å². The van der Waals surface area contributed by atoms with Crippen LogP contribution in [0.4, 0.5) is 13.2 Å². The van der Waals surface area contributed by atoms with Gasteiger partial charge in [-0.25, -0.2) is 0 Å². The van der Waals surface area contributed by atoms with Crippen molar-refractivity contribution in [2.45, 2.75) is 12.2 Å². The van der Waals surface area contributed by atoms with Crippen molar-refractivity contribution in [1.29, 1.82) is 0 Å². The molecule has 2 aromatic rings. The van der Waals surface area contributed by atoms with Crippen LogP contribution in [-0.4, -0.2) is 4.98 Å². The molecule has 0 saturated heterocycles. The van der Waals surface area contributed by atoms with Gasteiger partial charge in [0.2, 0.25) is 0 Å². The summed E-state index contributed by atoms with van der Waals surface area (Å²) in [5, 5.41) is 8.14. The second-order valence-corrected chi connectivity index (χ2v) is 4.57. The molecule has 1 aliphatic heterocycles. The molecule has 0 aliphatic carbocycles. The summed E-state index contributed by atoms with van der Waals surface area (Å²) in [6.07, 6.45) is 0.827. The van der Waals surface area contributed by atoms with Crippen molar-refractivity contribution < 1.29 is 13.2 Å². The largest absolute Gasteiger partial charge is 0.416 e. The first-order valence-corrected chi connectivity index (χ1v) is 6.24. The molecule has 0 saturated carbocycles. The van der Waals surface area contributed by atoms with Gasteiger partial charge in [-0.2, -0.15) is 23.4 Å². The van der Waals surface area contributed by atoms with E-state index in [1.807, 2.05) is 6.07 Å². The van der Waals surface area contributed by atoms with Crippen LogP contribution in [0.3, 0.4) is 0 Å². The number of nitrogens with zero attached hydrogens (tertiary/aromatic N) is 3. The van der Waals surface area contributed by atoms with Crippen LogP contribution in [0.2, 0.25) is 0 Å². The number of halogens is 3. The average Bonchev–Trinajstić information content (AvgIpc) is 2.97. The molecular weight excluding hydrogens is 279 g/mol. The zero-order valence-electron chi connectivity index (χ0n) is 10.7. The smallest absolute Gasteiger partial charge is 0.264 e. The lowest BCUT2D eigenvalue weighted by Crippen LogP contribution is -2.04. The SMILES string of the molecule is FC(F)(F)c1ccc(C2=CC(c3cccnc3)N=N2)cc1. The number of hydrogen-bond donors (Lipinski definition) is 0. The predicted molar refractivity (Wildman–Crippen MR) is 71.3 cm³/mol. The van der Waals surface area contributed by atoms with Gasteiger partial charge in [0.15, 0.2) is 0 Å². The average molecular weight is 289 g/mol. The van der Waals surface area contributed by atoms with Gasteiger partial charge in [-0.1, -0.05) is 18.2 Å². The lowest BCUT2D eigenvalue weighted by molar-refractivity contribution is -0.137. The van der Waals surface area contributed by atoms with Crippen molar-refractivity contribution in [3.8, 4) is 0 Å². The van der Waals surface area contributed by atoms with E-state index in [0.29, 0.717) is 11.3 Å². The molecular formula is C15H10F3N3. The summed E-state index contributed by atoms with van der Waals surface area (Å²) in [7, 11) is 0. The quantitative estimate of drug-likeness (QED) is 0.793. The van der Waals surface area contributed by atoms with Crippen LogP contribution in [0.5, 0.6) is 0 Å². The first-order valence-electron chi connectivity index (χ1n) is 6.24. The highest BCUT2D eigenvalue weighted by Gasteiger charge is 2.30. The van der Waals surface area contributed by atoms with Crippen LogP contribution in [0.25, 0.3) is 5.70 Å². The maximum Gasteiger partial charge on any atom is 0.416 e. The predicted octanol–water partition coefficient (Wildman–Crippen LogP) is 4.65. The van der Waals surface area contributed by atoms with Crippen molar-refractivity contribution >= 4 is 5.70 Å². The minimum atomic E-state index is -4.33. The van der Waals surface area contributed by atoms with E-state index in [1.165, 1.54) is 12.1 Å². The molecule has 0 fully saturated rings. The molecule has 3 nitrogen and oxygen atoms in total. The van der Waals surface area contributed by atoms with Crippen LogP contribution < -0.4 is 0 Å². The molecule has 0 bridgehead atoms. The van der Waals surface area contributed by atoms with E-state index < -0.39 is 11.7 Å². The maximum atomic E-state index is 12.5. The molecule has 0 N–H and O–H groups in total. The van der Waals surface area contributed by atoms with E-state index in [4.69, 9.17) is 0 Å². The lowest BCUT2D eigenvalue weighted by Gasteiger charge is -2.06. The highest BCUT2D eigenvalue weighted by atomic mass is 19.4. The molecule has 2 heterocycles. The second kappa shape index (κ2) is 5.12. The number of alkyl halides is 3. The molecule has 3 rings (SSSR count). The van der Waals surface area contributed by atoms with Crippen LogP contribution >= 0.6 is 0 Å². The fraction of sp³-hybridized carbons (Fsp3) is 0.133. The molecule has 0 spiro atoms. The minimum absolute atomic E-state index is 0.240. The van der Waals surface area contributed by atoms with E-state index in [9.17, 15) is 13.2 Å². The van der Waals surface area contributed by atoms with Crippen molar-refractivity contribution in [2.75, 3.05) is 0 Å². The first kappa shape index (κ1) is 13.5. The molecule has 21 heavy (non-hydrogen) atoms. The van der Waals surface area contributed by atoms with Gasteiger partial charge in [-0.3, -0.25) is 4.98 Å². The molecule has 0 radical (unpaired) electrons. The Balaban J connectivity index is 1.84. The van der Waals surface area contributed by atoms with Gasteiger partial charge >= 0.3 is 6.18 Å². The summed E-state index contributed by atoms with van der Waals surface area (Å²) in [6, 6.07) is 8.33. The van der Waals surface area contributed by atoms with E-state index in [1.54, 1.807) is 24.5 Å². The fourth-order valence-electron chi connectivity index (χ4n) is 2.04. The third-order valence-corrected chi connectivity index (χ3v) is 3.14. The fourth-order valence-corrected chi connectivity index (χ4v) is 2.04. The van der Waals surface area contributed by atoms with Gasteiger partial charge in [0.1, 0.15) is 6.04 Å². The Hall–Kier alpha value is -2.50. The van der Waals surface area contributed by atoms with E-state index in [0.717, 1.165) is 17.7 Å². The van der Waals surface area contributed by atoms with Crippen LogP contribution in [0.1, 0.15) is 22.7 Å². The second-order valence-electron chi connectivity index (χ2n) is 4.57. The number of rotatable bonds is 2. The Kier molecular flexibility index (Phi) is 3.29. The molecule has 6 heteroatoms. The van der Waals surface area contributed by atoms with E-state index >= 15 is 0 Å². The first-order chi connectivity index (χ1) is 10.0. The standard InChI is InChI=1S/C15H10F3N3/c16-15(17,18)12-5-3-10(4-6-12)13-8-14(21-20-13)11-2-1-7-19-9-11/h1-9,14H. The number of aromatic nitrogens is 1. The third-order valence-electron chi connectivity index (χ3n) is 3.14. The minimum Gasteiger partial charge on any atom is -0.264 e. The zero-order chi connectivity index (χ0) is 14.9. The molecule has 1 atom stereocenters. The Labute approximate surface area is 118 Å². The monoisotopic (exact) mass is 289 g/mol. The highest BCUT2D eigenvalue weighted by Crippen LogP contribution is 2.34. The van der Waals surface area contributed by atoms with Crippen molar-refractivity contribution in [1.82, 2.24) is 4.98 Å². The molecule has 1 unspecified atom stereocenters. The third kappa shape index (κ3) is 2.84. The van der Waals surface area contributed by atoms with Crippen LogP contribution in [0.15, 0.2) is 65.1 Å². The summed E-state index contributed by atoms with van der Waals surface area (Å²) in [6.45, 7) is 0. The summed E-state index contributed by atoms with van der Waals surface area (Å²) < 4.78 is 37.6. The number of pyridine rings is 1. The Morgan fingerprint density at radius 3 is 2.38 bits per heavy atom. The Morgan fingerprint density at radius 1 is 1.00 bits per heavy atom. The summed E-state index contributed by atoms with van der Waals surface area (Å²) in [5.74, 6) is 0. The van der Waals surface area contributed by atoms with Gasteiger partial charge < -0.3 is 0 Å². The van der Waals surface area contributed by atoms with Gasteiger partial charge in [0.05, 0.1) is 11.3 Å². The maximum absolute atomic E-state index is 12.5. The molecule has 1 aromatic carbocycles. The van der Waals surface area contributed by atoms with Crippen molar-refractivity contribution in [3.63, 3.8) is 0 Å². The lowest BCUT2D eigenvalue weighted by atomic mass is 10.1. The number of benzene rings is 1. The van der Waals surface area contributed by atoms with E-state index in [2.05, 4.69) is 15.2 Å². The molecule has 1 aromatic heterocycles. The van der Waals surface area contributed by atoms with Crippen LogP contribution in [-0.2, 0) is 6.18 Å². The van der Waals surface area contributed by atoms with Crippen molar-refractivity contribution in [3.05, 3.63) is 71.6 Å². The molecule has 106 valence electrons. The summed E-state index contributed by atoms with van der Waals surface area (Å²) in [4.78, 5) is 4.01. The van der Waals surface area contributed by atoms with Gasteiger partial charge in [0, 0.05) is 23.5 Å². The Morgan fingerprint density at radius 2 is 1.76 bits per heavy atom. The van der Waals surface area contributed by atoms with Gasteiger partial charge in [0.25, 0.3) is 0 Å².